The number of unbranched alkanes of at least 4 members (excludes halogenated alkanes) is 4. The first kappa shape index (κ1) is 11.9. The number of allylic oxidation sites excluding steroid dienone is 1. The molecule has 0 saturated carbocycles. The van der Waals surface area contributed by atoms with Crippen LogP contribution in [0.5, 0.6) is 0 Å². The van der Waals surface area contributed by atoms with E-state index in [1.807, 2.05) is 6.08 Å². The maximum absolute atomic E-state index is 3.67. The SMILES string of the molecule is C=CCCCCC#CC#CCCC. The van der Waals surface area contributed by atoms with Crippen LogP contribution in [0.4, 0.5) is 0 Å². The summed E-state index contributed by atoms with van der Waals surface area (Å²) in [7, 11) is 0. The Morgan fingerprint density at radius 3 is 2.38 bits per heavy atom. The molecule has 0 bridgehead atoms. The molecule has 0 aromatic heterocycles. The summed E-state index contributed by atoms with van der Waals surface area (Å²) >= 11 is 0. The van der Waals surface area contributed by atoms with Crippen molar-refractivity contribution in [2.24, 2.45) is 0 Å². The topological polar surface area (TPSA) is 0 Å². The fourth-order valence-corrected chi connectivity index (χ4v) is 0.840. The van der Waals surface area contributed by atoms with Crippen LogP contribution < -0.4 is 0 Å². The maximum atomic E-state index is 3.67. The van der Waals surface area contributed by atoms with Gasteiger partial charge in [-0.25, -0.2) is 0 Å². The lowest BCUT2D eigenvalue weighted by Gasteiger charge is -1.88. The monoisotopic (exact) mass is 174 g/mol. The third kappa shape index (κ3) is 10.9. The molecule has 0 heterocycles. The van der Waals surface area contributed by atoms with Crippen molar-refractivity contribution in [2.45, 2.75) is 45.4 Å². The van der Waals surface area contributed by atoms with Crippen LogP contribution in [0.25, 0.3) is 0 Å². The number of hydrogen-bond acceptors (Lipinski definition) is 0. The van der Waals surface area contributed by atoms with E-state index in [2.05, 4.69) is 37.2 Å². The molecular formula is C13H18. The molecule has 70 valence electrons. The Morgan fingerprint density at radius 1 is 1.08 bits per heavy atom. The van der Waals surface area contributed by atoms with Crippen LogP contribution in [0.2, 0.25) is 0 Å². The highest BCUT2D eigenvalue weighted by atomic mass is 13.9. The highest BCUT2D eigenvalue weighted by Crippen LogP contribution is 1.98. The first-order chi connectivity index (χ1) is 6.41. The summed E-state index contributed by atoms with van der Waals surface area (Å²) in [5, 5.41) is 0. The van der Waals surface area contributed by atoms with E-state index in [1.54, 1.807) is 0 Å². The molecule has 0 saturated heterocycles. The van der Waals surface area contributed by atoms with Gasteiger partial charge in [-0.05, 0) is 37.5 Å². The van der Waals surface area contributed by atoms with Gasteiger partial charge in [-0.3, -0.25) is 0 Å². The van der Waals surface area contributed by atoms with Gasteiger partial charge in [-0.1, -0.05) is 24.8 Å². The van der Waals surface area contributed by atoms with Crippen LogP contribution >= 0.6 is 0 Å². The minimum atomic E-state index is 0.963. The Kier molecular flexibility index (Phi) is 9.91. The van der Waals surface area contributed by atoms with Gasteiger partial charge in [0, 0.05) is 12.8 Å². The highest BCUT2D eigenvalue weighted by Gasteiger charge is 1.80. The van der Waals surface area contributed by atoms with Crippen LogP contribution in [0, 0.1) is 23.7 Å². The molecule has 0 aliphatic carbocycles. The Balaban J connectivity index is 3.30. The van der Waals surface area contributed by atoms with Crippen molar-refractivity contribution in [1.82, 2.24) is 0 Å². The van der Waals surface area contributed by atoms with Crippen molar-refractivity contribution < 1.29 is 0 Å². The molecular weight excluding hydrogens is 156 g/mol. The Bertz CT molecular complexity index is 226. The first-order valence-electron chi connectivity index (χ1n) is 4.98. The lowest BCUT2D eigenvalue weighted by atomic mass is 10.2. The van der Waals surface area contributed by atoms with E-state index in [9.17, 15) is 0 Å². The second-order valence-electron chi connectivity index (χ2n) is 2.89. The molecule has 0 atom stereocenters. The molecule has 0 nitrogen and oxygen atoms in total. The van der Waals surface area contributed by atoms with Crippen molar-refractivity contribution in [3.63, 3.8) is 0 Å². The Morgan fingerprint density at radius 2 is 1.77 bits per heavy atom. The van der Waals surface area contributed by atoms with Crippen molar-refractivity contribution in [2.75, 3.05) is 0 Å². The number of rotatable bonds is 5. The molecule has 0 aromatic carbocycles. The molecule has 0 unspecified atom stereocenters. The van der Waals surface area contributed by atoms with Gasteiger partial charge >= 0.3 is 0 Å². The van der Waals surface area contributed by atoms with Crippen LogP contribution in [0.3, 0.4) is 0 Å². The van der Waals surface area contributed by atoms with Crippen molar-refractivity contribution in [3.8, 4) is 23.7 Å². The molecule has 0 fully saturated rings. The average Bonchev–Trinajstić information content (AvgIpc) is 2.16. The summed E-state index contributed by atoms with van der Waals surface area (Å²) in [6, 6.07) is 0. The van der Waals surface area contributed by atoms with Gasteiger partial charge in [0.05, 0.1) is 0 Å². The third-order valence-corrected chi connectivity index (χ3v) is 1.57. The highest BCUT2D eigenvalue weighted by molar-refractivity contribution is 5.25. The molecule has 0 N–H and O–H groups in total. The van der Waals surface area contributed by atoms with Crippen LogP contribution in [-0.2, 0) is 0 Å². The molecule has 0 aliphatic heterocycles. The van der Waals surface area contributed by atoms with E-state index in [0.29, 0.717) is 0 Å². The maximum Gasteiger partial charge on any atom is 0.00990 e. The minimum absolute atomic E-state index is 0.963. The summed E-state index contributed by atoms with van der Waals surface area (Å²) < 4.78 is 0. The van der Waals surface area contributed by atoms with Crippen molar-refractivity contribution in [1.29, 1.82) is 0 Å². The van der Waals surface area contributed by atoms with Gasteiger partial charge in [-0.15, -0.1) is 6.58 Å². The standard InChI is InChI=1S/C13H18/c1-3-5-7-9-11-13-12-10-8-6-4-2/h3H,1,4-7,9,11H2,2H3. The quantitative estimate of drug-likeness (QED) is 0.340. The second-order valence-corrected chi connectivity index (χ2v) is 2.89. The molecule has 13 heavy (non-hydrogen) atoms. The second kappa shape index (κ2) is 10.9. The predicted octanol–water partition coefficient (Wildman–Crippen LogP) is 3.54. The van der Waals surface area contributed by atoms with Gasteiger partial charge in [0.1, 0.15) is 0 Å². The molecule has 0 rings (SSSR count). The van der Waals surface area contributed by atoms with Gasteiger partial charge < -0.3 is 0 Å². The van der Waals surface area contributed by atoms with Crippen LogP contribution in [-0.4, -0.2) is 0 Å². The van der Waals surface area contributed by atoms with E-state index >= 15 is 0 Å². The zero-order valence-electron chi connectivity index (χ0n) is 8.53. The van der Waals surface area contributed by atoms with E-state index in [1.165, 1.54) is 6.42 Å². The zero-order valence-corrected chi connectivity index (χ0v) is 8.53. The van der Waals surface area contributed by atoms with Crippen LogP contribution in [0.15, 0.2) is 12.7 Å². The molecule has 0 aromatic rings. The first-order valence-corrected chi connectivity index (χ1v) is 4.98. The van der Waals surface area contributed by atoms with Gasteiger partial charge in [0.15, 0.2) is 0 Å². The fourth-order valence-electron chi connectivity index (χ4n) is 0.840. The lowest BCUT2D eigenvalue weighted by Crippen LogP contribution is -1.71. The summed E-state index contributed by atoms with van der Waals surface area (Å²) in [4.78, 5) is 0. The molecule has 0 heteroatoms. The molecule has 0 spiro atoms. The molecule has 0 aliphatic rings. The Labute approximate surface area is 82.4 Å². The predicted molar refractivity (Wildman–Crippen MR) is 59.1 cm³/mol. The van der Waals surface area contributed by atoms with Crippen LogP contribution in [0.1, 0.15) is 45.4 Å². The van der Waals surface area contributed by atoms with E-state index in [0.717, 1.165) is 32.1 Å². The zero-order chi connectivity index (χ0) is 9.78. The summed E-state index contributed by atoms with van der Waals surface area (Å²) in [5.41, 5.74) is 0. The largest absolute Gasteiger partial charge is 0.103 e. The van der Waals surface area contributed by atoms with Gasteiger partial charge in [0.2, 0.25) is 0 Å². The third-order valence-electron chi connectivity index (χ3n) is 1.57. The smallest absolute Gasteiger partial charge is 0.00990 e. The van der Waals surface area contributed by atoms with Crippen molar-refractivity contribution in [3.05, 3.63) is 12.7 Å². The van der Waals surface area contributed by atoms with Crippen molar-refractivity contribution >= 4 is 0 Å². The molecule has 0 radical (unpaired) electrons. The summed E-state index contributed by atoms with van der Waals surface area (Å²) in [6.45, 7) is 5.79. The van der Waals surface area contributed by atoms with Gasteiger partial charge in [-0.2, -0.15) is 0 Å². The lowest BCUT2D eigenvalue weighted by molar-refractivity contribution is 0.773. The Hall–Kier alpha value is -1.14. The van der Waals surface area contributed by atoms with E-state index in [4.69, 9.17) is 0 Å². The summed E-state index contributed by atoms with van der Waals surface area (Å²) in [5.74, 6) is 11.7. The number of hydrogen-bond donors (Lipinski definition) is 0. The average molecular weight is 174 g/mol. The minimum Gasteiger partial charge on any atom is -0.103 e. The van der Waals surface area contributed by atoms with E-state index in [-0.39, 0.29) is 0 Å². The normalized spacial score (nSPS) is 7.77. The van der Waals surface area contributed by atoms with E-state index < -0.39 is 0 Å². The fraction of sp³-hybridized carbons (Fsp3) is 0.538. The summed E-state index contributed by atoms with van der Waals surface area (Å²) in [6.07, 6.45) is 8.46. The molecule has 0 amide bonds. The van der Waals surface area contributed by atoms with Gasteiger partial charge in [0.25, 0.3) is 0 Å².